The van der Waals surface area contributed by atoms with Gasteiger partial charge in [-0.2, -0.15) is 0 Å². The van der Waals surface area contributed by atoms with Crippen LogP contribution in [0.5, 0.6) is 0 Å². The zero-order chi connectivity index (χ0) is 14.3. The van der Waals surface area contributed by atoms with E-state index in [9.17, 15) is 4.79 Å². The number of rotatable bonds is 7. The third kappa shape index (κ3) is 5.18. The molecule has 1 aromatic rings. The van der Waals surface area contributed by atoms with Gasteiger partial charge in [-0.25, -0.2) is 0 Å². The molecule has 0 aliphatic rings. The summed E-state index contributed by atoms with van der Waals surface area (Å²) in [6.07, 6.45) is 0. The average molecular weight is 265 g/mol. The molecule has 0 atom stereocenters. The standard InChI is InChI=1S/C14H23N3O2/c1-10(2)9-19-7-6-17-13-8-11(14(18)16-3)4-5-12(13)15/h4-5,8,10,17H,6-7,9,15H2,1-3H3,(H,16,18). The van der Waals surface area contributed by atoms with Gasteiger partial charge in [0.2, 0.25) is 0 Å². The molecule has 0 aliphatic carbocycles. The minimum absolute atomic E-state index is 0.126. The highest BCUT2D eigenvalue weighted by Gasteiger charge is 2.06. The van der Waals surface area contributed by atoms with Gasteiger partial charge in [-0.05, 0) is 24.1 Å². The topological polar surface area (TPSA) is 76.4 Å². The van der Waals surface area contributed by atoms with Gasteiger partial charge in [-0.15, -0.1) is 0 Å². The van der Waals surface area contributed by atoms with Crippen molar-refractivity contribution in [1.82, 2.24) is 5.32 Å². The summed E-state index contributed by atoms with van der Waals surface area (Å²) in [7, 11) is 1.60. The van der Waals surface area contributed by atoms with E-state index in [1.165, 1.54) is 0 Å². The normalized spacial score (nSPS) is 10.5. The fourth-order valence-electron chi connectivity index (χ4n) is 1.57. The number of hydrogen-bond donors (Lipinski definition) is 3. The molecule has 5 heteroatoms. The highest BCUT2D eigenvalue weighted by molar-refractivity contribution is 5.96. The Hall–Kier alpha value is -1.75. The maximum Gasteiger partial charge on any atom is 0.251 e. The fourth-order valence-corrected chi connectivity index (χ4v) is 1.57. The molecule has 0 heterocycles. The summed E-state index contributed by atoms with van der Waals surface area (Å²) in [6.45, 7) is 6.24. The predicted octanol–water partition coefficient (Wildman–Crippen LogP) is 1.71. The smallest absolute Gasteiger partial charge is 0.251 e. The lowest BCUT2D eigenvalue weighted by molar-refractivity contribution is 0.0963. The molecule has 0 saturated heterocycles. The second-order valence-corrected chi connectivity index (χ2v) is 4.78. The van der Waals surface area contributed by atoms with Gasteiger partial charge in [0, 0.05) is 25.8 Å². The van der Waals surface area contributed by atoms with Crippen molar-refractivity contribution in [3.05, 3.63) is 23.8 Å². The molecule has 0 aliphatic heterocycles. The molecule has 1 rings (SSSR count). The van der Waals surface area contributed by atoms with Crippen LogP contribution in [0.2, 0.25) is 0 Å². The summed E-state index contributed by atoms with van der Waals surface area (Å²) in [5.41, 5.74) is 7.82. The second kappa shape index (κ2) is 7.63. The van der Waals surface area contributed by atoms with E-state index in [2.05, 4.69) is 24.5 Å². The van der Waals surface area contributed by atoms with Crippen LogP contribution in [-0.4, -0.2) is 32.7 Å². The van der Waals surface area contributed by atoms with E-state index in [4.69, 9.17) is 10.5 Å². The van der Waals surface area contributed by atoms with Gasteiger partial charge in [-0.3, -0.25) is 4.79 Å². The molecule has 19 heavy (non-hydrogen) atoms. The van der Waals surface area contributed by atoms with E-state index in [-0.39, 0.29) is 5.91 Å². The number of nitrogens with two attached hydrogens (primary N) is 1. The molecule has 5 nitrogen and oxygen atoms in total. The van der Waals surface area contributed by atoms with E-state index >= 15 is 0 Å². The number of anilines is 2. The summed E-state index contributed by atoms with van der Waals surface area (Å²) >= 11 is 0. The molecule has 1 amide bonds. The maximum atomic E-state index is 11.5. The van der Waals surface area contributed by atoms with Crippen molar-refractivity contribution in [2.75, 3.05) is 37.9 Å². The monoisotopic (exact) mass is 265 g/mol. The highest BCUT2D eigenvalue weighted by atomic mass is 16.5. The van der Waals surface area contributed by atoms with E-state index in [0.29, 0.717) is 30.3 Å². The molecule has 106 valence electrons. The number of benzene rings is 1. The Morgan fingerprint density at radius 2 is 2.16 bits per heavy atom. The van der Waals surface area contributed by atoms with Crippen molar-refractivity contribution < 1.29 is 9.53 Å². The number of carbonyl (C=O) groups is 1. The van der Waals surface area contributed by atoms with Crippen molar-refractivity contribution in [1.29, 1.82) is 0 Å². The predicted molar refractivity (Wildman–Crippen MR) is 78.4 cm³/mol. The molecule has 0 radical (unpaired) electrons. The number of nitrogens with one attached hydrogen (secondary N) is 2. The summed E-state index contributed by atoms with van der Waals surface area (Å²) in [5, 5.41) is 5.76. The van der Waals surface area contributed by atoms with Gasteiger partial charge >= 0.3 is 0 Å². The van der Waals surface area contributed by atoms with Crippen molar-refractivity contribution in [2.45, 2.75) is 13.8 Å². The Morgan fingerprint density at radius 3 is 2.79 bits per heavy atom. The van der Waals surface area contributed by atoms with Crippen LogP contribution < -0.4 is 16.4 Å². The zero-order valence-corrected chi connectivity index (χ0v) is 11.8. The van der Waals surface area contributed by atoms with Gasteiger partial charge in [0.05, 0.1) is 18.0 Å². The van der Waals surface area contributed by atoms with Crippen LogP contribution in [0.1, 0.15) is 24.2 Å². The van der Waals surface area contributed by atoms with Crippen molar-refractivity contribution >= 4 is 17.3 Å². The minimum atomic E-state index is -0.126. The maximum absolute atomic E-state index is 11.5. The quantitative estimate of drug-likeness (QED) is 0.518. The number of ether oxygens (including phenoxy) is 1. The SMILES string of the molecule is CNC(=O)c1ccc(N)c(NCCOCC(C)C)c1. The molecule has 0 saturated carbocycles. The van der Waals surface area contributed by atoms with Crippen LogP contribution in [0, 0.1) is 5.92 Å². The van der Waals surface area contributed by atoms with E-state index < -0.39 is 0 Å². The lowest BCUT2D eigenvalue weighted by Gasteiger charge is -2.12. The number of hydrogen-bond acceptors (Lipinski definition) is 4. The first-order chi connectivity index (χ1) is 9.04. The average Bonchev–Trinajstić information content (AvgIpc) is 2.39. The van der Waals surface area contributed by atoms with Crippen LogP contribution in [0.25, 0.3) is 0 Å². The number of nitrogen functional groups attached to an aromatic ring is 1. The molecule has 4 N–H and O–H groups in total. The third-order valence-electron chi connectivity index (χ3n) is 2.56. The second-order valence-electron chi connectivity index (χ2n) is 4.78. The van der Waals surface area contributed by atoms with Crippen molar-refractivity contribution in [2.24, 2.45) is 5.92 Å². The molecular formula is C14H23N3O2. The Balaban J connectivity index is 2.50. The number of amides is 1. The summed E-state index contributed by atoms with van der Waals surface area (Å²) in [6, 6.07) is 5.17. The first kappa shape index (κ1) is 15.3. The van der Waals surface area contributed by atoms with E-state index in [1.807, 2.05) is 0 Å². The first-order valence-electron chi connectivity index (χ1n) is 6.47. The summed E-state index contributed by atoms with van der Waals surface area (Å²) < 4.78 is 5.47. The van der Waals surface area contributed by atoms with Crippen LogP contribution in [0.3, 0.4) is 0 Å². The van der Waals surface area contributed by atoms with Crippen LogP contribution >= 0.6 is 0 Å². The zero-order valence-electron chi connectivity index (χ0n) is 11.8. The van der Waals surface area contributed by atoms with Gasteiger partial charge in [-0.1, -0.05) is 13.8 Å². The Morgan fingerprint density at radius 1 is 1.42 bits per heavy atom. The van der Waals surface area contributed by atoms with Gasteiger partial charge in [0.1, 0.15) is 0 Å². The van der Waals surface area contributed by atoms with Gasteiger partial charge < -0.3 is 21.1 Å². The summed E-state index contributed by atoms with van der Waals surface area (Å²) in [5.74, 6) is 0.403. The van der Waals surface area contributed by atoms with Crippen LogP contribution in [-0.2, 0) is 4.74 Å². The van der Waals surface area contributed by atoms with Gasteiger partial charge in [0.15, 0.2) is 0 Å². The van der Waals surface area contributed by atoms with Crippen LogP contribution in [0.15, 0.2) is 18.2 Å². The largest absolute Gasteiger partial charge is 0.397 e. The molecule has 0 bridgehead atoms. The summed E-state index contributed by atoms with van der Waals surface area (Å²) in [4.78, 5) is 11.5. The first-order valence-corrected chi connectivity index (χ1v) is 6.47. The van der Waals surface area contributed by atoms with Crippen molar-refractivity contribution in [3.63, 3.8) is 0 Å². The number of carbonyl (C=O) groups excluding carboxylic acids is 1. The molecular weight excluding hydrogens is 242 g/mol. The molecule has 0 aromatic heterocycles. The lowest BCUT2D eigenvalue weighted by Crippen LogP contribution is -2.18. The van der Waals surface area contributed by atoms with Crippen molar-refractivity contribution in [3.8, 4) is 0 Å². The highest BCUT2D eigenvalue weighted by Crippen LogP contribution is 2.19. The Bertz CT molecular complexity index is 419. The third-order valence-corrected chi connectivity index (χ3v) is 2.56. The molecule has 1 aromatic carbocycles. The van der Waals surface area contributed by atoms with E-state index in [0.717, 1.165) is 12.3 Å². The minimum Gasteiger partial charge on any atom is -0.397 e. The Labute approximate surface area is 114 Å². The van der Waals surface area contributed by atoms with Gasteiger partial charge in [0.25, 0.3) is 5.91 Å². The lowest BCUT2D eigenvalue weighted by atomic mass is 10.1. The van der Waals surface area contributed by atoms with E-state index in [1.54, 1.807) is 25.2 Å². The Kier molecular flexibility index (Phi) is 6.15. The molecule has 0 fully saturated rings. The molecule has 0 unspecified atom stereocenters. The molecule has 0 spiro atoms. The van der Waals surface area contributed by atoms with Crippen LogP contribution in [0.4, 0.5) is 11.4 Å². The fraction of sp³-hybridized carbons (Fsp3) is 0.500.